The van der Waals surface area contributed by atoms with Gasteiger partial charge in [-0.15, -0.1) is 0 Å². The Labute approximate surface area is 55.4 Å². The quantitative estimate of drug-likeness (QED) is 0.440. The van der Waals surface area contributed by atoms with E-state index in [1.807, 2.05) is 0 Å². The first-order chi connectivity index (χ1) is 4.06. The normalized spacial score (nSPS) is 12.1. The molecule has 55 valence electrons. The third kappa shape index (κ3) is 8.01. The molecule has 0 amide bonds. The lowest BCUT2D eigenvalue weighted by Gasteiger charge is -1.92. The third-order valence-electron chi connectivity index (χ3n) is 0.615. The SMILES string of the molecule is CS(=O)(=O)CCO[PH]=O. The lowest BCUT2D eigenvalue weighted by atomic mass is 10.9. The van der Waals surface area contributed by atoms with Crippen molar-refractivity contribution in [3.63, 3.8) is 0 Å². The predicted molar refractivity (Wildman–Crippen MR) is 34.7 cm³/mol. The summed E-state index contributed by atoms with van der Waals surface area (Å²) in [6.45, 7) is 0.0147. The molecule has 0 saturated carbocycles. The summed E-state index contributed by atoms with van der Waals surface area (Å²) in [5.41, 5.74) is 0. The zero-order valence-electron chi connectivity index (χ0n) is 4.96. The van der Waals surface area contributed by atoms with E-state index in [9.17, 15) is 13.0 Å². The number of sulfone groups is 1. The maximum atomic E-state index is 10.3. The summed E-state index contributed by atoms with van der Waals surface area (Å²) < 4.78 is 34.6. The van der Waals surface area contributed by atoms with E-state index in [2.05, 4.69) is 4.52 Å². The van der Waals surface area contributed by atoms with Gasteiger partial charge in [-0.25, -0.2) is 8.42 Å². The number of rotatable bonds is 4. The second kappa shape index (κ2) is 3.93. The van der Waals surface area contributed by atoms with Crippen molar-refractivity contribution >= 4 is 18.5 Å². The molecule has 0 N–H and O–H groups in total. The fourth-order valence-corrected chi connectivity index (χ4v) is 0.954. The molecule has 0 fully saturated rings. The van der Waals surface area contributed by atoms with Crippen LogP contribution in [0.3, 0.4) is 0 Å². The second-order valence-electron chi connectivity index (χ2n) is 1.56. The smallest absolute Gasteiger partial charge is 0.198 e. The van der Waals surface area contributed by atoms with Crippen LogP contribution in [0.25, 0.3) is 0 Å². The van der Waals surface area contributed by atoms with E-state index in [1.165, 1.54) is 0 Å². The summed E-state index contributed by atoms with van der Waals surface area (Å²) >= 11 is 0. The maximum Gasteiger partial charge on any atom is 0.198 e. The van der Waals surface area contributed by atoms with Gasteiger partial charge in [0.1, 0.15) is 9.84 Å². The monoisotopic (exact) mass is 171 g/mol. The maximum absolute atomic E-state index is 10.3. The molecule has 0 aliphatic rings. The molecule has 0 bridgehead atoms. The largest absolute Gasteiger partial charge is 0.305 e. The van der Waals surface area contributed by atoms with Crippen LogP contribution in [-0.2, 0) is 18.9 Å². The molecular formula is C3H8O4PS. The molecule has 4 nitrogen and oxygen atoms in total. The highest BCUT2D eigenvalue weighted by Gasteiger charge is 1.99. The second-order valence-corrected chi connectivity index (χ2v) is 4.28. The van der Waals surface area contributed by atoms with Crippen molar-refractivity contribution in [3.8, 4) is 0 Å². The Morgan fingerprint density at radius 1 is 1.56 bits per heavy atom. The standard InChI is InChI=1S/C3H8O4PS/c1-9(5,6)3-2-7-8-4/h8H,2-3H2,1H3. The number of hydrogen-bond donors (Lipinski definition) is 0. The van der Waals surface area contributed by atoms with Crippen molar-refractivity contribution in [1.29, 1.82) is 0 Å². The van der Waals surface area contributed by atoms with E-state index in [1.54, 1.807) is 0 Å². The average Bonchev–Trinajstić information content (AvgIpc) is 1.63. The molecule has 0 aliphatic heterocycles. The van der Waals surface area contributed by atoms with Gasteiger partial charge in [-0.3, -0.25) is 4.57 Å². The van der Waals surface area contributed by atoms with Gasteiger partial charge in [0.15, 0.2) is 8.69 Å². The lowest BCUT2D eigenvalue weighted by molar-refractivity contribution is 0.366. The Bertz CT molecular complexity index is 172. The summed E-state index contributed by atoms with van der Waals surface area (Å²) in [6.07, 6.45) is 1.10. The minimum absolute atomic E-state index is 0.0147. The van der Waals surface area contributed by atoms with Crippen molar-refractivity contribution in [2.45, 2.75) is 0 Å². The van der Waals surface area contributed by atoms with Crippen LogP contribution >= 0.6 is 8.69 Å². The Kier molecular flexibility index (Phi) is 3.93. The zero-order chi connectivity index (χ0) is 7.33. The van der Waals surface area contributed by atoms with Crippen LogP contribution in [0.15, 0.2) is 0 Å². The van der Waals surface area contributed by atoms with Crippen LogP contribution in [0.2, 0.25) is 0 Å². The van der Waals surface area contributed by atoms with Crippen molar-refractivity contribution in [3.05, 3.63) is 0 Å². The van der Waals surface area contributed by atoms with Crippen LogP contribution in [0.4, 0.5) is 0 Å². The van der Waals surface area contributed by atoms with Crippen LogP contribution in [-0.4, -0.2) is 27.0 Å². The van der Waals surface area contributed by atoms with E-state index in [0.717, 1.165) is 6.26 Å². The van der Waals surface area contributed by atoms with Gasteiger partial charge in [0.25, 0.3) is 0 Å². The molecule has 1 unspecified atom stereocenters. The minimum atomic E-state index is -2.96. The molecular weight excluding hydrogens is 163 g/mol. The Hall–Kier alpha value is 0.01000. The van der Waals surface area contributed by atoms with Gasteiger partial charge in [0, 0.05) is 6.26 Å². The Morgan fingerprint density at radius 3 is 2.44 bits per heavy atom. The first-order valence-corrected chi connectivity index (χ1v) is 5.10. The van der Waals surface area contributed by atoms with Gasteiger partial charge in [-0.2, -0.15) is 0 Å². The minimum Gasteiger partial charge on any atom is -0.305 e. The molecule has 0 spiro atoms. The van der Waals surface area contributed by atoms with Crippen LogP contribution in [0.1, 0.15) is 0 Å². The molecule has 0 rings (SSSR count). The summed E-state index contributed by atoms with van der Waals surface area (Å²) in [6, 6.07) is 0. The highest BCUT2D eigenvalue weighted by molar-refractivity contribution is 7.90. The lowest BCUT2D eigenvalue weighted by Crippen LogP contribution is -2.06. The van der Waals surface area contributed by atoms with Crippen LogP contribution in [0.5, 0.6) is 0 Å². The fraction of sp³-hybridized carbons (Fsp3) is 1.00. The molecule has 0 heterocycles. The highest BCUT2D eigenvalue weighted by Crippen LogP contribution is 1.93. The molecule has 9 heavy (non-hydrogen) atoms. The van der Waals surface area contributed by atoms with Gasteiger partial charge in [0.05, 0.1) is 12.4 Å². The van der Waals surface area contributed by atoms with Crippen LogP contribution in [0, 0.1) is 0 Å². The van der Waals surface area contributed by atoms with Gasteiger partial charge in [-0.1, -0.05) is 0 Å². The van der Waals surface area contributed by atoms with Gasteiger partial charge in [0.2, 0.25) is 0 Å². The van der Waals surface area contributed by atoms with Gasteiger partial charge in [-0.05, 0) is 0 Å². The predicted octanol–water partition coefficient (Wildman–Crippen LogP) is -0.0134. The molecule has 0 aromatic carbocycles. The molecule has 0 aliphatic carbocycles. The molecule has 0 aromatic heterocycles. The zero-order valence-corrected chi connectivity index (χ0v) is 6.77. The summed E-state index contributed by atoms with van der Waals surface area (Å²) in [5, 5.41) is 0. The van der Waals surface area contributed by atoms with Crippen molar-refractivity contribution < 1.29 is 17.5 Å². The van der Waals surface area contributed by atoms with E-state index in [-0.39, 0.29) is 12.4 Å². The average molecular weight is 171 g/mol. The first kappa shape index (κ1) is 9.01. The summed E-state index contributed by atoms with van der Waals surface area (Å²) in [5.74, 6) is -0.0672. The third-order valence-corrected chi connectivity index (χ3v) is 1.85. The van der Waals surface area contributed by atoms with Crippen molar-refractivity contribution in [2.75, 3.05) is 18.6 Å². The summed E-state index contributed by atoms with van der Waals surface area (Å²) in [7, 11) is -3.83. The molecule has 0 aromatic rings. The van der Waals surface area contributed by atoms with E-state index in [4.69, 9.17) is 0 Å². The van der Waals surface area contributed by atoms with Crippen molar-refractivity contribution in [2.24, 2.45) is 0 Å². The molecule has 1 radical (unpaired) electrons. The molecule has 6 heteroatoms. The van der Waals surface area contributed by atoms with E-state index >= 15 is 0 Å². The summed E-state index contributed by atoms with van der Waals surface area (Å²) in [4.78, 5) is 0. The Balaban J connectivity index is 3.40. The molecule has 1 atom stereocenters. The van der Waals surface area contributed by atoms with Crippen molar-refractivity contribution in [1.82, 2.24) is 0 Å². The highest BCUT2D eigenvalue weighted by atomic mass is 32.2. The first-order valence-electron chi connectivity index (χ1n) is 2.23. The van der Waals surface area contributed by atoms with E-state index in [0.29, 0.717) is 0 Å². The fourth-order valence-electron chi connectivity index (χ4n) is 0.235. The van der Waals surface area contributed by atoms with E-state index < -0.39 is 18.5 Å². The molecule has 0 saturated heterocycles. The van der Waals surface area contributed by atoms with Gasteiger partial charge < -0.3 is 4.52 Å². The Morgan fingerprint density at radius 2 is 2.11 bits per heavy atom. The van der Waals surface area contributed by atoms with Crippen LogP contribution < -0.4 is 0 Å². The number of hydrogen-bond acceptors (Lipinski definition) is 4. The van der Waals surface area contributed by atoms with Gasteiger partial charge >= 0.3 is 0 Å². The topological polar surface area (TPSA) is 60.4 Å².